The molecule has 3 N–H and O–H groups in total. The molecule has 2 aromatic heterocycles. The van der Waals surface area contributed by atoms with Gasteiger partial charge in [-0.2, -0.15) is 0 Å². The van der Waals surface area contributed by atoms with E-state index in [9.17, 15) is 0 Å². The van der Waals surface area contributed by atoms with Gasteiger partial charge in [0.15, 0.2) is 11.8 Å². The topological polar surface area (TPSA) is 77.7 Å². The second-order valence-electron chi connectivity index (χ2n) is 3.89. The Bertz CT molecular complexity index is 546. The van der Waals surface area contributed by atoms with Crippen molar-refractivity contribution in [1.82, 2.24) is 15.0 Å². The lowest BCUT2D eigenvalue weighted by Gasteiger charge is -2.01. The SMILES string of the molecule is C/C(=C\CNc1nc[n+](C)c2nc[nH]c12)CO. The van der Waals surface area contributed by atoms with Gasteiger partial charge >= 0.3 is 0 Å². The fourth-order valence-corrected chi connectivity index (χ4v) is 1.51. The molecule has 0 atom stereocenters. The van der Waals surface area contributed by atoms with E-state index in [1.54, 1.807) is 12.7 Å². The molecule has 0 aliphatic carbocycles. The van der Waals surface area contributed by atoms with Crippen molar-refractivity contribution in [3.8, 4) is 0 Å². The first-order chi connectivity index (χ1) is 8.22. The van der Waals surface area contributed by atoms with E-state index < -0.39 is 0 Å². The van der Waals surface area contributed by atoms with Crippen LogP contribution in [0.4, 0.5) is 5.82 Å². The summed E-state index contributed by atoms with van der Waals surface area (Å²) >= 11 is 0. The Kier molecular flexibility index (Phi) is 3.34. The molecule has 0 aliphatic heterocycles. The van der Waals surface area contributed by atoms with Gasteiger partial charge in [0, 0.05) is 6.54 Å². The fourth-order valence-electron chi connectivity index (χ4n) is 1.51. The predicted octanol–water partition coefficient (Wildman–Crippen LogP) is 0.133. The van der Waals surface area contributed by atoms with E-state index in [4.69, 9.17) is 5.11 Å². The van der Waals surface area contributed by atoms with E-state index in [0.29, 0.717) is 6.54 Å². The number of aliphatic hydroxyl groups is 1. The predicted molar refractivity (Wildman–Crippen MR) is 64.4 cm³/mol. The monoisotopic (exact) mass is 234 g/mol. The molecule has 0 bridgehead atoms. The minimum absolute atomic E-state index is 0.0817. The summed E-state index contributed by atoms with van der Waals surface area (Å²) < 4.78 is 1.85. The molecule has 0 saturated heterocycles. The Labute approximate surface area is 99.0 Å². The first-order valence-electron chi connectivity index (χ1n) is 5.40. The second kappa shape index (κ2) is 4.92. The van der Waals surface area contributed by atoms with Crippen LogP contribution in [0, 0.1) is 0 Å². The summed E-state index contributed by atoms with van der Waals surface area (Å²) in [7, 11) is 1.90. The normalized spacial score (nSPS) is 12.1. The summed E-state index contributed by atoms with van der Waals surface area (Å²) in [5.74, 6) is 0.762. The number of imidazole rings is 1. The minimum atomic E-state index is 0.0817. The van der Waals surface area contributed by atoms with Crippen molar-refractivity contribution < 1.29 is 9.67 Å². The maximum Gasteiger partial charge on any atom is 0.293 e. The molecule has 2 rings (SSSR count). The zero-order chi connectivity index (χ0) is 12.3. The maximum absolute atomic E-state index is 8.88. The van der Waals surface area contributed by atoms with Gasteiger partial charge in [-0.25, -0.2) is 4.57 Å². The van der Waals surface area contributed by atoms with Gasteiger partial charge in [0.2, 0.25) is 12.1 Å². The van der Waals surface area contributed by atoms with Gasteiger partial charge in [0.05, 0.1) is 13.7 Å². The number of nitrogens with zero attached hydrogens (tertiary/aromatic N) is 3. The van der Waals surface area contributed by atoms with Crippen LogP contribution in [0.3, 0.4) is 0 Å². The van der Waals surface area contributed by atoms with Crippen molar-refractivity contribution in [3.05, 3.63) is 24.3 Å². The number of nitrogens with one attached hydrogen (secondary N) is 2. The third-order valence-corrected chi connectivity index (χ3v) is 2.52. The van der Waals surface area contributed by atoms with Crippen LogP contribution in [0.1, 0.15) is 6.92 Å². The Morgan fingerprint density at radius 2 is 2.41 bits per heavy atom. The van der Waals surface area contributed by atoms with Crippen LogP contribution in [0.15, 0.2) is 24.3 Å². The van der Waals surface area contributed by atoms with Crippen molar-refractivity contribution >= 4 is 17.0 Å². The quantitative estimate of drug-likeness (QED) is 0.519. The van der Waals surface area contributed by atoms with Crippen molar-refractivity contribution in [1.29, 1.82) is 0 Å². The first kappa shape index (κ1) is 11.5. The molecule has 6 heteroatoms. The summed E-state index contributed by atoms with van der Waals surface area (Å²) in [6, 6.07) is 0. The van der Waals surface area contributed by atoms with E-state index in [-0.39, 0.29) is 6.61 Å². The molecule has 90 valence electrons. The molecule has 0 fully saturated rings. The van der Waals surface area contributed by atoms with Crippen LogP contribution < -0.4 is 9.88 Å². The fraction of sp³-hybridized carbons (Fsp3) is 0.364. The second-order valence-corrected chi connectivity index (χ2v) is 3.89. The highest BCUT2D eigenvalue weighted by Crippen LogP contribution is 2.12. The molecule has 0 spiro atoms. The highest BCUT2D eigenvalue weighted by molar-refractivity contribution is 5.79. The van der Waals surface area contributed by atoms with Crippen LogP contribution in [-0.4, -0.2) is 33.2 Å². The van der Waals surface area contributed by atoms with Gasteiger partial charge in [-0.15, -0.1) is 0 Å². The molecule has 0 aliphatic rings. The Balaban J connectivity index is 2.19. The molecule has 0 radical (unpaired) electrons. The third-order valence-electron chi connectivity index (χ3n) is 2.52. The molecule has 6 nitrogen and oxygen atoms in total. The summed E-state index contributed by atoms with van der Waals surface area (Å²) in [5.41, 5.74) is 2.66. The summed E-state index contributed by atoms with van der Waals surface area (Å²) in [5, 5.41) is 12.1. The van der Waals surface area contributed by atoms with Crippen LogP contribution >= 0.6 is 0 Å². The van der Waals surface area contributed by atoms with Gasteiger partial charge in [0.25, 0.3) is 5.65 Å². The number of rotatable bonds is 4. The molecule has 2 heterocycles. The van der Waals surface area contributed by atoms with Gasteiger partial charge < -0.3 is 15.4 Å². The van der Waals surface area contributed by atoms with Crippen LogP contribution in [-0.2, 0) is 7.05 Å². The molecule has 0 unspecified atom stereocenters. The Morgan fingerprint density at radius 1 is 1.59 bits per heavy atom. The minimum Gasteiger partial charge on any atom is -0.392 e. The number of aryl methyl sites for hydroxylation is 1. The zero-order valence-corrected chi connectivity index (χ0v) is 9.94. The van der Waals surface area contributed by atoms with Gasteiger partial charge in [-0.05, 0) is 6.92 Å². The highest BCUT2D eigenvalue weighted by atomic mass is 16.3. The molecular formula is C11H16N5O+. The lowest BCUT2D eigenvalue weighted by Crippen LogP contribution is -2.30. The van der Waals surface area contributed by atoms with E-state index in [2.05, 4.69) is 20.3 Å². The number of aromatic amines is 1. The van der Waals surface area contributed by atoms with Crippen LogP contribution in [0.5, 0.6) is 0 Å². The highest BCUT2D eigenvalue weighted by Gasteiger charge is 2.13. The summed E-state index contributed by atoms with van der Waals surface area (Å²) in [4.78, 5) is 11.6. The molecule has 2 aromatic rings. The number of aromatic nitrogens is 4. The number of hydrogen-bond acceptors (Lipinski definition) is 4. The maximum atomic E-state index is 8.88. The van der Waals surface area contributed by atoms with E-state index in [1.807, 2.05) is 24.6 Å². The average molecular weight is 234 g/mol. The number of hydrogen-bond donors (Lipinski definition) is 3. The lowest BCUT2D eigenvalue weighted by molar-refractivity contribution is -0.649. The Hall–Kier alpha value is -1.95. The van der Waals surface area contributed by atoms with Gasteiger partial charge in [-0.3, -0.25) is 0 Å². The number of aliphatic hydroxyl groups excluding tert-OH is 1. The molecule has 0 saturated carbocycles. The molecule has 17 heavy (non-hydrogen) atoms. The number of fused-ring (bicyclic) bond motifs is 1. The number of H-pyrrole nitrogens is 1. The third kappa shape index (κ3) is 2.42. The van der Waals surface area contributed by atoms with Gasteiger partial charge in [0.1, 0.15) is 0 Å². The standard InChI is InChI=1S/C11H15N5O/c1-8(5-17)3-4-12-10-9-11(14-6-13-9)16(2)7-15-10/h3,6-7,17H,4-5H2,1-2H3,(H,12,13,14)/p+1/b8-3+. The summed E-state index contributed by atoms with van der Waals surface area (Å²) in [6.45, 7) is 2.59. The smallest absolute Gasteiger partial charge is 0.293 e. The van der Waals surface area contributed by atoms with Gasteiger partial charge in [-0.1, -0.05) is 21.6 Å². The van der Waals surface area contributed by atoms with E-state index in [1.165, 1.54) is 0 Å². The van der Waals surface area contributed by atoms with Crippen molar-refractivity contribution in [2.24, 2.45) is 7.05 Å². The zero-order valence-electron chi connectivity index (χ0n) is 9.94. The van der Waals surface area contributed by atoms with E-state index >= 15 is 0 Å². The molecular weight excluding hydrogens is 218 g/mol. The van der Waals surface area contributed by atoms with Crippen LogP contribution in [0.2, 0.25) is 0 Å². The van der Waals surface area contributed by atoms with E-state index in [0.717, 1.165) is 22.6 Å². The first-order valence-corrected chi connectivity index (χ1v) is 5.40. The van der Waals surface area contributed by atoms with Crippen LogP contribution in [0.25, 0.3) is 11.2 Å². The largest absolute Gasteiger partial charge is 0.392 e. The van der Waals surface area contributed by atoms with Crippen molar-refractivity contribution in [2.45, 2.75) is 6.92 Å². The molecule has 0 amide bonds. The Morgan fingerprint density at radius 3 is 3.18 bits per heavy atom. The van der Waals surface area contributed by atoms with Crippen molar-refractivity contribution in [3.63, 3.8) is 0 Å². The lowest BCUT2D eigenvalue weighted by atomic mass is 10.3. The number of anilines is 1. The van der Waals surface area contributed by atoms with Crippen molar-refractivity contribution in [2.75, 3.05) is 18.5 Å². The molecule has 0 aromatic carbocycles. The average Bonchev–Trinajstić information content (AvgIpc) is 2.82. The summed E-state index contributed by atoms with van der Waals surface area (Å²) in [6.07, 6.45) is 5.29.